The zero-order chi connectivity index (χ0) is 29.5. The van der Waals surface area contributed by atoms with Crippen molar-refractivity contribution in [1.82, 2.24) is 0 Å². The molecule has 4 aromatic rings. The van der Waals surface area contributed by atoms with Gasteiger partial charge in [0.1, 0.15) is 7.85 Å². The SMILES string of the molecule is Bc1c(C)c(C)c(N2c3cccc4c3N3c5c2cccc5C(C)(C)c2cc(C(C)(C)C)cc(c23)C4(C)C)c(C)c1C. The van der Waals surface area contributed by atoms with E-state index in [1.54, 1.807) is 0 Å². The van der Waals surface area contributed by atoms with E-state index in [0.29, 0.717) is 0 Å². The molecule has 4 aromatic carbocycles. The van der Waals surface area contributed by atoms with Crippen LogP contribution in [0.15, 0.2) is 48.5 Å². The summed E-state index contributed by atoms with van der Waals surface area (Å²) in [5.74, 6) is 0. The van der Waals surface area contributed by atoms with E-state index in [-0.39, 0.29) is 16.2 Å². The predicted octanol–water partition coefficient (Wildman–Crippen LogP) is 9.01. The molecule has 2 nitrogen and oxygen atoms in total. The molecule has 3 heteroatoms. The summed E-state index contributed by atoms with van der Waals surface area (Å²) in [5.41, 5.74) is 21.8. The third kappa shape index (κ3) is 3.10. The van der Waals surface area contributed by atoms with Crippen LogP contribution in [0.2, 0.25) is 0 Å². The van der Waals surface area contributed by atoms with Gasteiger partial charge in [-0.1, -0.05) is 101 Å². The van der Waals surface area contributed by atoms with Gasteiger partial charge in [-0.15, -0.1) is 0 Å². The molecule has 41 heavy (non-hydrogen) atoms. The normalized spacial score (nSPS) is 17.0. The Balaban J connectivity index is 1.67. The fourth-order valence-electron chi connectivity index (χ4n) is 7.98. The largest absolute Gasteiger partial charge is 0.306 e. The molecule has 0 saturated carbocycles. The van der Waals surface area contributed by atoms with Crippen molar-refractivity contribution >= 4 is 47.4 Å². The predicted molar refractivity (Wildman–Crippen MR) is 179 cm³/mol. The van der Waals surface area contributed by atoms with Gasteiger partial charge >= 0.3 is 0 Å². The van der Waals surface area contributed by atoms with Crippen LogP contribution < -0.4 is 15.3 Å². The van der Waals surface area contributed by atoms with Gasteiger partial charge in [0.15, 0.2) is 0 Å². The lowest BCUT2D eigenvalue weighted by Crippen LogP contribution is -2.41. The molecule has 0 bridgehead atoms. The third-order valence-corrected chi connectivity index (χ3v) is 11.0. The second-order valence-electron chi connectivity index (χ2n) is 14.9. The van der Waals surface area contributed by atoms with Crippen molar-refractivity contribution in [1.29, 1.82) is 0 Å². The minimum atomic E-state index is -0.137. The van der Waals surface area contributed by atoms with Gasteiger partial charge in [0, 0.05) is 10.8 Å². The molecule has 0 spiro atoms. The minimum Gasteiger partial charge on any atom is -0.306 e. The van der Waals surface area contributed by atoms with Gasteiger partial charge in [-0.25, -0.2) is 0 Å². The summed E-state index contributed by atoms with van der Waals surface area (Å²) in [6, 6.07) is 19.1. The quantitative estimate of drug-likeness (QED) is 0.197. The van der Waals surface area contributed by atoms with Crippen LogP contribution in [0.4, 0.5) is 34.1 Å². The number of nitrogens with zero attached hydrogens (tertiary/aromatic N) is 2. The van der Waals surface area contributed by atoms with Gasteiger partial charge < -0.3 is 9.80 Å². The minimum absolute atomic E-state index is 0.0663. The second kappa shape index (κ2) is 7.88. The van der Waals surface area contributed by atoms with E-state index in [0.717, 1.165) is 0 Å². The lowest BCUT2D eigenvalue weighted by molar-refractivity contribution is 0.563. The number of hydrogen-bond acceptors (Lipinski definition) is 2. The summed E-state index contributed by atoms with van der Waals surface area (Å²) in [5, 5.41) is 0. The van der Waals surface area contributed by atoms with E-state index in [1.807, 2.05) is 0 Å². The fourth-order valence-corrected chi connectivity index (χ4v) is 7.98. The second-order valence-corrected chi connectivity index (χ2v) is 14.9. The lowest BCUT2D eigenvalue weighted by Gasteiger charge is -2.54. The summed E-state index contributed by atoms with van der Waals surface area (Å²) >= 11 is 0. The maximum atomic E-state index is 2.65. The van der Waals surface area contributed by atoms with Crippen molar-refractivity contribution < 1.29 is 0 Å². The Kier molecular flexibility index (Phi) is 5.08. The van der Waals surface area contributed by atoms with Crippen LogP contribution in [0.1, 0.15) is 98.5 Å². The molecule has 0 fully saturated rings. The van der Waals surface area contributed by atoms with Crippen molar-refractivity contribution in [2.45, 2.75) is 92.4 Å². The molecular weight excluding hydrogens is 495 g/mol. The average Bonchev–Trinajstić information content (AvgIpc) is 2.92. The van der Waals surface area contributed by atoms with Crippen LogP contribution in [0.3, 0.4) is 0 Å². The third-order valence-electron chi connectivity index (χ3n) is 11.0. The highest BCUT2D eigenvalue weighted by atomic mass is 15.3. The Hall–Kier alpha value is -3.46. The van der Waals surface area contributed by atoms with Crippen molar-refractivity contribution in [3.05, 3.63) is 98.6 Å². The molecule has 3 aliphatic rings. The van der Waals surface area contributed by atoms with Crippen molar-refractivity contribution in [2.75, 3.05) is 9.80 Å². The molecule has 0 aliphatic carbocycles. The maximum Gasteiger partial charge on any atom is 0.140 e. The first-order valence-corrected chi connectivity index (χ1v) is 15.2. The van der Waals surface area contributed by atoms with E-state index in [2.05, 4.69) is 142 Å². The van der Waals surface area contributed by atoms with E-state index in [1.165, 1.54) is 89.7 Å². The van der Waals surface area contributed by atoms with Crippen molar-refractivity contribution in [3.8, 4) is 0 Å². The summed E-state index contributed by atoms with van der Waals surface area (Å²) < 4.78 is 0. The molecule has 0 atom stereocenters. The fraction of sp³-hybridized carbons (Fsp3) is 0.368. The Morgan fingerprint density at radius 3 is 1.41 bits per heavy atom. The highest BCUT2D eigenvalue weighted by molar-refractivity contribution is 6.35. The van der Waals surface area contributed by atoms with E-state index < -0.39 is 0 Å². The number of anilines is 6. The average molecular weight is 539 g/mol. The van der Waals surface area contributed by atoms with Crippen LogP contribution in [-0.2, 0) is 16.2 Å². The van der Waals surface area contributed by atoms with E-state index in [4.69, 9.17) is 0 Å². The molecule has 0 saturated heterocycles. The van der Waals surface area contributed by atoms with Gasteiger partial charge in [-0.05, 0) is 84.2 Å². The summed E-state index contributed by atoms with van der Waals surface area (Å²) in [6.07, 6.45) is 0. The summed E-state index contributed by atoms with van der Waals surface area (Å²) in [4.78, 5) is 5.25. The first kappa shape index (κ1) is 26.4. The van der Waals surface area contributed by atoms with Gasteiger partial charge in [0.25, 0.3) is 0 Å². The standard InChI is InChI=1S/C38H43BN2/c1-20-22(3)32(23(4)21(2)31(20)39)40-29-16-12-14-25-34(29)41-33-27(37(25,8)9)18-24(36(5,6)7)19-28(33)38(10,11)26-15-13-17-30(40)35(26)41/h12-19H,39H2,1-11H3. The van der Waals surface area contributed by atoms with Crippen LogP contribution >= 0.6 is 0 Å². The molecule has 3 heterocycles. The molecule has 0 radical (unpaired) electrons. The van der Waals surface area contributed by atoms with Gasteiger partial charge in [0.2, 0.25) is 0 Å². The highest BCUT2D eigenvalue weighted by Crippen LogP contribution is 2.67. The van der Waals surface area contributed by atoms with Gasteiger partial charge in [-0.3, -0.25) is 0 Å². The Bertz CT molecular complexity index is 1710. The van der Waals surface area contributed by atoms with Gasteiger partial charge in [-0.2, -0.15) is 0 Å². The van der Waals surface area contributed by atoms with Crippen LogP contribution in [0.25, 0.3) is 0 Å². The van der Waals surface area contributed by atoms with Crippen molar-refractivity contribution in [2.24, 2.45) is 0 Å². The highest BCUT2D eigenvalue weighted by Gasteiger charge is 2.50. The van der Waals surface area contributed by atoms with Gasteiger partial charge in [0.05, 0.1) is 34.1 Å². The number of para-hydroxylation sites is 2. The zero-order valence-corrected chi connectivity index (χ0v) is 27.0. The number of benzene rings is 4. The molecule has 0 unspecified atom stereocenters. The zero-order valence-electron chi connectivity index (χ0n) is 27.0. The monoisotopic (exact) mass is 538 g/mol. The van der Waals surface area contributed by atoms with E-state index >= 15 is 0 Å². The Labute approximate surface area is 247 Å². The van der Waals surface area contributed by atoms with Crippen molar-refractivity contribution in [3.63, 3.8) is 0 Å². The topological polar surface area (TPSA) is 6.48 Å². The first-order chi connectivity index (χ1) is 19.1. The summed E-state index contributed by atoms with van der Waals surface area (Å²) in [6.45, 7) is 26.0. The molecule has 208 valence electrons. The Morgan fingerprint density at radius 1 is 0.561 bits per heavy atom. The molecule has 0 N–H and O–H groups in total. The summed E-state index contributed by atoms with van der Waals surface area (Å²) in [7, 11) is 2.27. The van der Waals surface area contributed by atoms with E-state index in [9.17, 15) is 0 Å². The molecular formula is C38H43BN2. The van der Waals surface area contributed by atoms with Crippen LogP contribution in [-0.4, -0.2) is 7.85 Å². The molecule has 3 aliphatic heterocycles. The maximum absolute atomic E-state index is 2.65. The smallest absolute Gasteiger partial charge is 0.140 e. The first-order valence-electron chi connectivity index (χ1n) is 15.2. The van der Waals surface area contributed by atoms with Crippen LogP contribution in [0, 0.1) is 27.7 Å². The molecule has 0 amide bonds. The molecule has 0 aromatic heterocycles. The van der Waals surface area contributed by atoms with Crippen LogP contribution in [0.5, 0.6) is 0 Å². The number of rotatable bonds is 1. The lowest BCUT2D eigenvalue weighted by atomic mass is 9.64. The Morgan fingerprint density at radius 2 is 1.00 bits per heavy atom. The molecule has 7 rings (SSSR count). The number of hydrogen-bond donors (Lipinski definition) is 0.